The van der Waals surface area contributed by atoms with Crippen molar-refractivity contribution in [2.75, 3.05) is 23.7 Å². The second-order valence-electron chi connectivity index (χ2n) is 8.61. The van der Waals surface area contributed by atoms with E-state index in [1.54, 1.807) is 13.0 Å². The van der Waals surface area contributed by atoms with E-state index in [4.69, 9.17) is 23.2 Å². The Bertz CT molecular complexity index is 1140. The van der Waals surface area contributed by atoms with Crippen LogP contribution in [0.3, 0.4) is 0 Å². The number of hydrogen-bond donors (Lipinski definition) is 1. The van der Waals surface area contributed by atoms with Gasteiger partial charge >= 0.3 is 0 Å². The Balaban J connectivity index is 2.43. The van der Waals surface area contributed by atoms with Gasteiger partial charge < -0.3 is 10.2 Å². The molecule has 2 aromatic carbocycles. The van der Waals surface area contributed by atoms with Gasteiger partial charge in [0.2, 0.25) is 21.8 Å². The predicted molar refractivity (Wildman–Crippen MR) is 138 cm³/mol. The third-order valence-electron chi connectivity index (χ3n) is 5.33. The SMILES string of the molecule is Cc1ccccc1CN(C(=O)CN(c1cccc(Cl)c1Cl)S(C)(=O)=O)[C@H](C)C(=O)NCC(C)C. The van der Waals surface area contributed by atoms with E-state index in [9.17, 15) is 18.0 Å². The molecular formula is C24H31Cl2N3O4S. The molecular weight excluding hydrogens is 497 g/mol. The largest absolute Gasteiger partial charge is 0.354 e. The summed E-state index contributed by atoms with van der Waals surface area (Å²) >= 11 is 12.3. The van der Waals surface area contributed by atoms with E-state index in [0.717, 1.165) is 21.7 Å². The van der Waals surface area contributed by atoms with Crippen LogP contribution in [0.15, 0.2) is 42.5 Å². The Hall–Kier alpha value is -2.29. The Labute approximate surface area is 212 Å². The first kappa shape index (κ1) is 28.0. The summed E-state index contributed by atoms with van der Waals surface area (Å²) in [6.45, 7) is 7.55. The van der Waals surface area contributed by atoms with Crippen molar-refractivity contribution in [2.24, 2.45) is 5.92 Å². The van der Waals surface area contributed by atoms with Crippen molar-refractivity contribution in [2.45, 2.75) is 40.3 Å². The van der Waals surface area contributed by atoms with Crippen LogP contribution in [0, 0.1) is 12.8 Å². The molecule has 2 rings (SSSR count). The fourth-order valence-electron chi connectivity index (χ4n) is 3.29. The van der Waals surface area contributed by atoms with Crippen molar-refractivity contribution in [3.63, 3.8) is 0 Å². The number of sulfonamides is 1. The first-order chi connectivity index (χ1) is 15.8. The smallest absolute Gasteiger partial charge is 0.244 e. The molecule has 2 amide bonds. The normalized spacial score (nSPS) is 12.4. The molecule has 10 heteroatoms. The molecule has 0 fully saturated rings. The average molecular weight is 529 g/mol. The summed E-state index contributed by atoms with van der Waals surface area (Å²) in [6.07, 6.45) is 0.988. The van der Waals surface area contributed by atoms with Crippen molar-refractivity contribution >= 4 is 50.7 Å². The number of rotatable bonds is 10. The molecule has 7 nitrogen and oxygen atoms in total. The molecule has 0 radical (unpaired) electrons. The van der Waals surface area contributed by atoms with Crippen molar-refractivity contribution < 1.29 is 18.0 Å². The first-order valence-corrected chi connectivity index (χ1v) is 13.5. The van der Waals surface area contributed by atoms with Gasteiger partial charge in [-0.15, -0.1) is 0 Å². The van der Waals surface area contributed by atoms with Crippen LogP contribution < -0.4 is 9.62 Å². The molecule has 0 aromatic heterocycles. The highest BCUT2D eigenvalue weighted by molar-refractivity contribution is 7.92. The zero-order chi connectivity index (χ0) is 25.6. The van der Waals surface area contributed by atoms with E-state index in [1.165, 1.54) is 17.0 Å². The quantitative estimate of drug-likeness (QED) is 0.500. The first-order valence-electron chi connectivity index (χ1n) is 10.9. The van der Waals surface area contributed by atoms with Gasteiger partial charge in [-0.1, -0.05) is 67.4 Å². The monoisotopic (exact) mass is 527 g/mol. The van der Waals surface area contributed by atoms with Gasteiger partial charge in [0.1, 0.15) is 12.6 Å². The number of aryl methyl sites for hydroxylation is 1. The van der Waals surface area contributed by atoms with E-state index < -0.39 is 28.5 Å². The summed E-state index contributed by atoms with van der Waals surface area (Å²) in [7, 11) is -3.89. The van der Waals surface area contributed by atoms with E-state index in [1.807, 2.05) is 45.0 Å². The number of nitrogens with zero attached hydrogens (tertiary/aromatic N) is 2. The van der Waals surface area contributed by atoms with Crippen molar-refractivity contribution in [3.05, 3.63) is 63.6 Å². The molecule has 186 valence electrons. The summed E-state index contributed by atoms with van der Waals surface area (Å²) in [5.74, 6) is -0.624. The van der Waals surface area contributed by atoms with Gasteiger partial charge in [0.15, 0.2) is 0 Å². The molecule has 0 heterocycles. The topological polar surface area (TPSA) is 86.8 Å². The third kappa shape index (κ3) is 7.35. The number of hydrogen-bond acceptors (Lipinski definition) is 4. The highest BCUT2D eigenvalue weighted by Crippen LogP contribution is 2.33. The van der Waals surface area contributed by atoms with Gasteiger partial charge in [0.05, 0.1) is 22.0 Å². The minimum Gasteiger partial charge on any atom is -0.354 e. The summed E-state index contributed by atoms with van der Waals surface area (Å²) in [5.41, 5.74) is 1.90. The molecule has 1 atom stereocenters. The number of carbonyl (C=O) groups is 2. The Kier molecular flexibility index (Phi) is 9.79. The molecule has 2 aromatic rings. The minimum absolute atomic E-state index is 0.0237. The number of nitrogens with one attached hydrogen (secondary N) is 1. The zero-order valence-corrected chi connectivity index (χ0v) is 22.3. The van der Waals surface area contributed by atoms with Crippen molar-refractivity contribution in [3.8, 4) is 0 Å². The molecule has 0 aliphatic rings. The lowest BCUT2D eigenvalue weighted by molar-refractivity contribution is -0.139. The fourth-order valence-corrected chi connectivity index (χ4v) is 4.59. The molecule has 0 bridgehead atoms. The maximum Gasteiger partial charge on any atom is 0.244 e. The molecule has 34 heavy (non-hydrogen) atoms. The van der Waals surface area contributed by atoms with E-state index >= 15 is 0 Å². The highest BCUT2D eigenvalue weighted by Gasteiger charge is 2.31. The van der Waals surface area contributed by atoms with E-state index in [-0.39, 0.29) is 34.1 Å². The zero-order valence-electron chi connectivity index (χ0n) is 20.0. The van der Waals surface area contributed by atoms with Gasteiger partial charge in [-0.3, -0.25) is 13.9 Å². The Morgan fingerprint density at radius 3 is 2.26 bits per heavy atom. The van der Waals surface area contributed by atoms with Crippen LogP contribution in [0.2, 0.25) is 10.0 Å². The van der Waals surface area contributed by atoms with Gasteiger partial charge in [-0.25, -0.2) is 8.42 Å². The average Bonchev–Trinajstić information content (AvgIpc) is 2.76. The summed E-state index contributed by atoms with van der Waals surface area (Å²) < 4.78 is 26.2. The molecule has 0 aliphatic heterocycles. The summed E-state index contributed by atoms with van der Waals surface area (Å²) in [5, 5.41) is 3.04. The van der Waals surface area contributed by atoms with Crippen LogP contribution in [0.1, 0.15) is 31.9 Å². The lowest BCUT2D eigenvalue weighted by atomic mass is 10.1. The highest BCUT2D eigenvalue weighted by atomic mass is 35.5. The van der Waals surface area contributed by atoms with Gasteiger partial charge in [0.25, 0.3) is 0 Å². The van der Waals surface area contributed by atoms with Crippen LogP contribution in [0.4, 0.5) is 5.69 Å². The van der Waals surface area contributed by atoms with E-state index in [2.05, 4.69) is 5.32 Å². The van der Waals surface area contributed by atoms with Gasteiger partial charge in [0, 0.05) is 13.1 Å². The third-order valence-corrected chi connectivity index (χ3v) is 7.27. The van der Waals surface area contributed by atoms with Crippen LogP contribution in [-0.2, 0) is 26.2 Å². The lowest BCUT2D eigenvalue weighted by Crippen LogP contribution is -2.51. The number of benzene rings is 2. The minimum atomic E-state index is -3.89. The lowest BCUT2D eigenvalue weighted by Gasteiger charge is -2.32. The van der Waals surface area contributed by atoms with Crippen LogP contribution in [0.25, 0.3) is 0 Å². The van der Waals surface area contributed by atoms with Crippen LogP contribution in [-0.4, -0.2) is 50.5 Å². The van der Waals surface area contributed by atoms with Crippen molar-refractivity contribution in [1.82, 2.24) is 10.2 Å². The molecule has 0 saturated heterocycles. The molecule has 0 unspecified atom stereocenters. The van der Waals surface area contributed by atoms with Crippen LogP contribution in [0.5, 0.6) is 0 Å². The molecule has 0 spiro atoms. The van der Waals surface area contributed by atoms with Crippen LogP contribution >= 0.6 is 23.2 Å². The maximum atomic E-state index is 13.5. The Morgan fingerprint density at radius 1 is 1.03 bits per heavy atom. The number of anilines is 1. The summed E-state index contributed by atoms with van der Waals surface area (Å²) in [4.78, 5) is 27.8. The second kappa shape index (κ2) is 11.9. The van der Waals surface area contributed by atoms with E-state index in [0.29, 0.717) is 6.54 Å². The second-order valence-corrected chi connectivity index (χ2v) is 11.3. The molecule has 1 N–H and O–H groups in total. The maximum absolute atomic E-state index is 13.5. The number of halogens is 2. The Morgan fingerprint density at radius 2 is 1.68 bits per heavy atom. The molecule has 0 aliphatic carbocycles. The van der Waals surface area contributed by atoms with Gasteiger partial charge in [-0.2, -0.15) is 0 Å². The summed E-state index contributed by atoms with van der Waals surface area (Å²) in [6, 6.07) is 11.3. The van der Waals surface area contributed by atoms with Crippen molar-refractivity contribution in [1.29, 1.82) is 0 Å². The molecule has 0 saturated carbocycles. The number of amides is 2. The fraction of sp³-hybridized carbons (Fsp3) is 0.417. The predicted octanol–water partition coefficient (Wildman–Crippen LogP) is 4.26. The number of carbonyl (C=O) groups excluding carboxylic acids is 2. The van der Waals surface area contributed by atoms with Gasteiger partial charge in [-0.05, 0) is 43.0 Å². The standard InChI is InChI=1S/C24H31Cl2N3O4S/c1-16(2)13-27-24(31)18(4)28(14-19-10-7-6-9-17(19)3)22(30)15-29(34(5,32)33)21-12-8-11-20(25)23(21)26/h6-12,16,18H,13-15H2,1-5H3,(H,27,31)/t18-/m1/s1.